The predicted octanol–water partition coefficient (Wildman–Crippen LogP) is 7.50. The monoisotopic (exact) mass is 435 g/mol. The molecule has 0 aromatic heterocycles. The fourth-order valence-corrected chi connectivity index (χ4v) is 6.39. The average molecular weight is 436 g/mol. The molecule has 5 unspecified atom stereocenters. The maximum absolute atomic E-state index is 8.50. The molecule has 0 saturated heterocycles. The van der Waals surface area contributed by atoms with E-state index < -0.39 is 0 Å². The van der Waals surface area contributed by atoms with Crippen molar-refractivity contribution in [3.05, 3.63) is 12.3 Å². The lowest BCUT2D eigenvalue weighted by molar-refractivity contribution is -0.0680. The van der Waals surface area contributed by atoms with Gasteiger partial charge in [0.15, 0.2) is 0 Å². The van der Waals surface area contributed by atoms with Gasteiger partial charge < -0.3 is 16.9 Å². The molecule has 0 bridgehead atoms. The Morgan fingerprint density at radius 2 is 1.39 bits per heavy atom. The van der Waals surface area contributed by atoms with E-state index in [1.165, 1.54) is 6.42 Å². The number of hydrogen-bond acceptors (Lipinski definition) is 3. The Kier molecular flexibility index (Phi) is 13.3. The van der Waals surface area contributed by atoms with Crippen molar-refractivity contribution in [2.75, 3.05) is 6.54 Å². The molecule has 3 heteroatoms. The van der Waals surface area contributed by atoms with Crippen LogP contribution in [0, 0.1) is 58.2 Å². The molecule has 31 heavy (non-hydrogen) atoms. The van der Waals surface area contributed by atoms with Gasteiger partial charge in [0, 0.05) is 11.4 Å². The normalized spacial score (nSPS) is 21.8. The van der Waals surface area contributed by atoms with E-state index in [0.29, 0.717) is 41.4 Å². The molecular formula is C28H57N3. The van der Waals surface area contributed by atoms with Gasteiger partial charge >= 0.3 is 0 Å². The van der Waals surface area contributed by atoms with E-state index >= 15 is 0 Å². The van der Waals surface area contributed by atoms with Crippen LogP contribution in [0.25, 0.3) is 0 Å². The van der Waals surface area contributed by atoms with Crippen LogP contribution >= 0.6 is 0 Å². The molecule has 0 aliphatic rings. The molecule has 9 atom stereocenters. The summed E-state index contributed by atoms with van der Waals surface area (Å²) in [5.41, 5.74) is 14.3. The fourth-order valence-electron chi connectivity index (χ4n) is 6.39. The van der Waals surface area contributed by atoms with Crippen LogP contribution in [0.3, 0.4) is 0 Å². The van der Waals surface area contributed by atoms with Gasteiger partial charge in [-0.05, 0) is 79.1 Å². The minimum atomic E-state index is 0.0980. The smallest absolute Gasteiger partial charge is 0.00892 e. The highest BCUT2D eigenvalue weighted by atomic mass is 14.6. The summed E-state index contributed by atoms with van der Waals surface area (Å²) in [7, 11) is 0. The molecule has 184 valence electrons. The summed E-state index contributed by atoms with van der Waals surface area (Å²) in [5.74, 6) is 3.90. The molecule has 3 nitrogen and oxygen atoms in total. The van der Waals surface area contributed by atoms with Crippen molar-refractivity contribution in [3.8, 4) is 0 Å². The van der Waals surface area contributed by atoms with Crippen molar-refractivity contribution in [1.29, 1.82) is 5.41 Å². The summed E-state index contributed by atoms with van der Waals surface area (Å²) in [6.45, 7) is 28.1. The number of nitrogens with one attached hydrogen (secondary N) is 1. The maximum atomic E-state index is 8.50. The van der Waals surface area contributed by atoms with E-state index in [2.05, 4.69) is 68.9 Å². The van der Waals surface area contributed by atoms with Crippen LogP contribution in [-0.4, -0.2) is 12.3 Å². The zero-order valence-electron chi connectivity index (χ0n) is 22.7. The molecular weight excluding hydrogens is 378 g/mol. The van der Waals surface area contributed by atoms with Gasteiger partial charge in [-0.25, -0.2) is 0 Å². The van der Waals surface area contributed by atoms with Gasteiger partial charge in [0.05, 0.1) is 0 Å². The van der Waals surface area contributed by atoms with Gasteiger partial charge in [-0.3, -0.25) is 0 Å². The Morgan fingerprint density at radius 3 is 1.74 bits per heavy atom. The number of nitrogens with two attached hydrogens (primary N) is 2. The zero-order valence-corrected chi connectivity index (χ0v) is 22.7. The topological polar surface area (TPSA) is 75.9 Å². The number of hydrogen-bond donors (Lipinski definition) is 3. The summed E-state index contributed by atoms with van der Waals surface area (Å²) in [5, 5.41) is 8.50. The van der Waals surface area contributed by atoms with Crippen molar-refractivity contribution in [1.82, 2.24) is 0 Å². The second kappa shape index (κ2) is 13.7. The predicted molar refractivity (Wildman–Crippen MR) is 140 cm³/mol. The van der Waals surface area contributed by atoms with E-state index in [1.54, 1.807) is 0 Å². The van der Waals surface area contributed by atoms with E-state index in [-0.39, 0.29) is 11.3 Å². The lowest BCUT2D eigenvalue weighted by Crippen LogP contribution is -2.52. The maximum Gasteiger partial charge on any atom is 0.00892 e. The average Bonchev–Trinajstić information content (AvgIpc) is 2.74. The standard InChI is InChI=1S/C28H57N3/c1-12-18(4)22(8)28(23(9)21(7)25(11)31,16-26(14-3)15-20(6)30)24(10)27(17-29)19(5)13-2/h18-19,21-24,26-27,31H,6,12-17,29-30H2,1-5,7-11H3/t18-,19?,21?,22-,23?,24+,26?,27?,28+/m1/s1. The molecule has 0 aromatic rings. The van der Waals surface area contributed by atoms with Crippen LogP contribution < -0.4 is 11.5 Å². The second-order valence-corrected chi connectivity index (χ2v) is 11.0. The molecule has 0 fully saturated rings. The Hall–Kier alpha value is -0.830. The van der Waals surface area contributed by atoms with E-state index in [9.17, 15) is 0 Å². The fraction of sp³-hybridized carbons (Fsp3) is 0.893. The lowest BCUT2D eigenvalue weighted by Gasteiger charge is -2.56. The van der Waals surface area contributed by atoms with Gasteiger partial charge in [-0.2, -0.15) is 0 Å². The molecule has 0 saturated carbocycles. The summed E-state index contributed by atoms with van der Waals surface area (Å²) in [6, 6.07) is 0. The van der Waals surface area contributed by atoms with Crippen molar-refractivity contribution < 1.29 is 0 Å². The van der Waals surface area contributed by atoms with Crippen molar-refractivity contribution in [2.45, 2.75) is 101 Å². The van der Waals surface area contributed by atoms with Gasteiger partial charge in [0.2, 0.25) is 0 Å². The van der Waals surface area contributed by atoms with Gasteiger partial charge in [-0.1, -0.05) is 88.2 Å². The van der Waals surface area contributed by atoms with Gasteiger partial charge in [0.1, 0.15) is 0 Å². The highest BCUT2D eigenvalue weighted by Crippen LogP contribution is 2.57. The Morgan fingerprint density at radius 1 is 0.871 bits per heavy atom. The first-order valence-electron chi connectivity index (χ1n) is 13.0. The molecule has 0 radical (unpaired) electrons. The van der Waals surface area contributed by atoms with Crippen LogP contribution in [0.2, 0.25) is 0 Å². The van der Waals surface area contributed by atoms with Crippen LogP contribution in [0.1, 0.15) is 101 Å². The first kappa shape index (κ1) is 30.2. The summed E-state index contributed by atoms with van der Waals surface area (Å²) >= 11 is 0. The third-order valence-electron chi connectivity index (χ3n) is 9.53. The quantitative estimate of drug-likeness (QED) is 0.219. The van der Waals surface area contributed by atoms with Crippen LogP contribution in [0.4, 0.5) is 0 Å². The number of rotatable bonds is 16. The van der Waals surface area contributed by atoms with E-state index in [4.69, 9.17) is 16.9 Å². The highest BCUT2D eigenvalue weighted by Gasteiger charge is 2.51. The van der Waals surface area contributed by atoms with Gasteiger partial charge in [0.25, 0.3) is 0 Å². The summed E-state index contributed by atoms with van der Waals surface area (Å²) in [6.07, 6.45) is 5.47. The third-order valence-corrected chi connectivity index (χ3v) is 9.53. The Bertz CT molecular complexity index is 542. The second-order valence-electron chi connectivity index (χ2n) is 11.0. The highest BCUT2D eigenvalue weighted by molar-refractivity contribution is 5.81. The molecule has 5 N–H and O–H groups in total. The SMILES string of the molecule is C=C(N)CC(CC)C[C@@](C(C)C(C)C(C)=N)([C@H](C)[C@H](C)CC)[C@@H](C)C(CN)C(C)CC. The van der Waals surface area contributed by atoms with Crippen molar-refractivity contribution >= 4 is 5.71 Å². The largest absolute Gasteiger partial charge is 0.403 e. The van der Waals surface area contributed by atoms with Gasteiger partial charge in [-0.15, -0.1) is 0 Å². The minimum Gasteiger partial charge on any atom is -0.403 e. The molecule has 0 heterocycles. The Labute approximate surface area is 195 Å². The van der Waals surface area contributed by atoms with E-state index in [0.717, 1.165) is 43.6 Å². The summed E-state index contributed by atoms with van der Waals surface area (Å²) < 4.78 is 0. The van der Waals surface area contributed by atoms with E-state index in [1.807, 2.05) is 6.92 Å². The molecule has 0 aliphatic heterocycles. The molecule has 0 rings (SSSR count). The number of allylic oxidation sites excluding steroid dienone is 1. The molecule has 0 amide bonds. The third kappa shape index (κ3) is 7.34. The zero-order chi connectivity index (χ0) is 24.5. The van der Waals surface area contributed by atoms with Crippen molar-refractivity contribution in [2.24, 2.45) is 64.2 Å². The summed E-state index contributed by atoms with van der Waals surface area (Å²) in [4.78, 5) is 0. The van der Waals surface area contributed by atoms with Crippen LogP contribution in [0.5, 0.6) is 0 Å². The molecule has 0 aromatic carbocycles. The minimum absolute atomic E-state index is 0.0980. The lowest BCUT2D eigenvalue weighted by atomic mass is 9.49. The van der Waals surface area contributed by atoms with Crippen LogP contribution in [-0.2, 0) is 0 Å². The molecule has 0 spiro atoms. The molecule has 0 aliphatic carbocycles. The first-order valence-corrected chi connectivity index (χ1v) is 13.0. The first-order chi connectivity index (χ1) is 14.3. The Balaban J connectivity index is 6.85. The van der Waals surface area contributed by atoms with Crippen molar-refractivity contribution in [3.63, 3.8) is 0 Å². The van der Waals surface area contributed by atoms with Crippen LogP contribution in [0.15, 0.2) is 12.3 Å².